The first-order chi connectivity index (χ1) is 8.22. The molecule has 0 radical (unpaired) electrons. The maximum Gasteiger partial charge on any atom is 0.0867 e. The van der Waals surface area contributed by atoms with Crippen LogP contribution in [0.4, 0.5) is 0 Å². The molecule has 1 atom stereocenters. The number of thioether (sulfide) groups is 1. The van der Waals surface area contributed by atoms with E-state index in [0.29, 0.717) is 12.4 Å². The zero-order chi connectivity index (χ0) is 12.5. The predicted octanol–water partition coefficient (Wildman–Crippen LogP) is 3.26. The van der Waals surface area contributed by atoms with E-state index < -0.39 is 0 Å². The summed E-state index contributed by atoms with van der Waals surface area (Å²) < 4.78 is 5.38. The molecule has 0 aliphatic carbocycles. The van der Waals surface area contributed by atoms with Gasteiger partial charge in [-0.3, -0.25) is 0 Å². The lowest BCUT2D eigenvalue weighted by atomic mass is 10.2. The van der Waals surface area contributed by atoms with E-state index in [1.165, 1.54) is 10.5 Å². The van der Waals surface area contributed by atoms with Crippen molar-refractivity contribution in [3.05, 3.63) is 29.8 Å². The summed E-state index contributed by atoms with van der Waals surface area (Å²) in [5, 5.41) is 9.72. The summed E-state index contributed by atoms with van der Waals surface area (Å²) in [6.07, 6.45) is 1.82. The van der Waals surface area contributed by atoms with Crippen LogP contribution in [0.5, 0.6) is 0 Å². The van der Waals surface area contributed by atoms with E-state index in [1.54, 1.807) is 11.8 Å². The summed E-state index contributed by atoms with van der Waals surface area (Å²) in [5.41, 5.74) is 1.26. The van der Waals surface area contributed by atoms with Crippen molar-refractivity contribution in [2.75, 3.05) is 19.0 Å². The molecule has 96 valence electrons. The summed E-state index contributed by atoms with van der Waals surface area (Å²) in [6, 6.07) is 8.36. The largest absolute Gasteiger partial charge is 0.390 e. The van der Waals surface area contributed by atoms with E-state index in [4.69, 9.17) is 4.74 Å². The molecule has 0 aliphatic heterocycles. The van der Waals surface area contributed by atoms with Gasteiger partial charge in [0.1, 0.15) is 0 Å². The molecule has 17 heavy (non-hydrogen) atoms. The number of hydrogen-bond acceptors (Lipinski definition) is 3. The van der Waals surface area contributed by atoms with Crippen LogP contribution in [0.3, 0.4) is 0 Å². The first-order valence-corrected chi connectivity index (χ1v) is 7.16. The molecule has 2 nitrogen and oxygen atoms in total. The lowest BCUT2D eigenvalue weighted by Crippen LogP contribution is -2.18. The maximum absolute atomic E-state index is 9.72. The number of rotatable bonds is 8. The molecule has 0 saturated heterocycles. The van der Waals surface area contributed by atoms with Gasteiger partial charge in [0.25, 0.3) is 0 Å². The Kier molecular flexibility index (Phi) is 7.33. The van der Waals surface area contributed by atoms with Crippen LogP contribution in [0.1, 0.15) is 25.3 Å². The zero-order valence-electron chi connectivity index (χ0n) is 10.7. The Morgan fingerprint density at radius 2 is 2.00 bits per heavy atom. The quantitative estimate of drug-likeness (QED) is 0.570. The van der Waals surface area contributed by atoms with Crippen molar-refractivity contribution in [2.24, 2.45) is 0 Å². The Labute approximate surface area is 108 Å². The van der Waals surface area contributed by atoms with Crippen LogP contribution in [0, 0.1) is 6.92 Å². The Bertz CT molecular complexity index is 298. The summed E-state index contributed by atoms with van der Waals surface area (Å²) in [5.74, 6) is 0.690. The normalized spacial score (nSPS) is 12.6. The van der Waals surface area contributed by atoms with Crippen molar-refractivity contribution in [3.63, 3.8) is 0 Å². The fourth-order valence-corrected chi connectivity index (χ4v) is 2.15. The lowest BCUT2D eigenvalue weighted by molar-refractivity contribution is 0.0473. The number of unbranched alkanes of at least 4 members (excludes halogenated alkanes) is 1. The average molecular weight is 254 g/mol. The molecule has 0 saturated carbocycles. The molecule has 0 spiro atoms. The fourth-order valence-electron chi connectivity index (χ4n) is 1.34. The Morgan fingerprint density at radius 1 is 1.29 bits per heavy atom. The molecule has 0 fully saturated rings. The highest BCUT2D eigenvalue weighted by molar-refractivity contribution is 7.99. The van der Waals surface area contributed by atoms with Gasteiger partial charge in [0, 0.05) is 17.3 Å². The number of benzene rings is 1. The lowest BCUT2D eigenvalue weighted by Gasteiger charge is -2.10. The second kappa shape index (κ2) is 8.56. The monoisotopic (exact) mass is 254 g/mol. The summed E-state index contributed by atoms with van der Waals surface area (Å²) >= 11 is 1.67. The SMILES string of the molecule is CCCCOCC(O)CSc1ccc(C)cc1. The minimum Gasteiger partial charge on any atom is -0.390 e. The van der Waals surface area contributed by atoms with E-state index in [2.05, 4.69) is 38.1 Å². The van der Waals surface area contributed by atoms with Gasteiger partial charge in [-0.25, -0.2) is 0 Å². The van der Waals surface area contributed by atoms with Gasteiger partial charge in [-0.1, -0.05) is 31.0 Å². The van der Waals surface area contributed by atoms with Gasteiger partial charge in [-0.15, -0.1) is 11.8 Å². The van der Waals surface area contributed by atoms with Crippen molar-refractivity contribution in [1.82, 2.24) is 0 Å². The van der Waals surface area contributed by atoms with E-state index in [9.17, 15) is 5.11 Å². The van der Waals surface area contributed by atoms with E-state index in [0.717, 1.165) is 19.4 Å². The minimum absolute atomic E-state index is 0.377. The van der Waals surface area contributed by atoms with Gasteiger partial charge in [-0.2, -0.15) is 0 Å². The number of hydrogen-bond donors (Lipinski definition) is 1. The molecule has 0 aliphatic rings. The van der Waals surface area contributed by atoms with Gasteiger partial charge >= 0.3 is 0 Å². The number of ether oxygens (including phenoxy) is 1. The van der Waals surface area contributed by atoms with E-state index in [-0.39, 0.29) is 6.10 Å². The third-order valence-corrected chi connectivity index (χ3v) is 3.57. The third kappa shape index (κ3) is 6.71. The van der Waals surface area contributed by atoms with Gasteiger partial charge < -0.3 is 9.84 Å². The Morgan fingerprint density at radius 3 is 2.65 bits per heavy atom. The molecule has 1 unspecified atom stereocenters. The summed E-state index contributed by atoms with van der Waals surface area (Å²) in [6.45, 7) is 5.40. The van der Waals surface area contributed by atoms with Gasteiger partial charge in [0.2, 0.25) is 0 Å². The smallest absolute Gasteiger partial charge is 0.0867 e. The molecular formula is C14H22O2S. The Balaban J connectivity index is 2.14. The number of aliphatic hydroxyl groups is 1. The molecule has 1 aromatic carbocycles. The van der Waals surface area contributed by atoms with Crippen molar-refractivity contribution in [2.45, 2.75) is 37.7 Å². The first kappa shape index (κ1) is 14.6. The van der Waals surface area contributed by atoms with Crippen molar-refractivity contribution in [3.8, 4) is 0 Å². The Hall–Kier alpha value is -0.510. The second-order valence-corrected chi connectivity index (χ2v) is 5.30. The highest BCUT2D eigenvalue weighted by Gasteiger charge is 2.05. The number of aliphatic hydroxyl groups excluding tert-OH is 1. The molecule has 0 amide bonds. The minimum atomic E-state index is -0.377. The summed E-state index contributed by atoms with van der Waals surface area (Å²) in [7, 11) is 0. The first-order valence-electron chi connectivity index (χ1n) is 6.17. The highest BCUT2D eigenvalue weighted by Crippen LogP contribution is 2.19. The van der Waals surface area contributed by atoms with Crippen LogP contribution in [0.2, 0.25) is 0 Å². The molecule has 1 N–H and O–H groups in total. The van der Waals surface area contributed by atoms with E-state index in [1.807, 2.05) is 0 Å². The molecule has 1 aromatic rings. The zero-order valence-corrected chi connectivity index (χ0v) is 11.5. The van der Waals surface area contributed by atoms with Gasteiger partial charge in [-0.05, 0) is 25.5 Å². The molecule has 3 heteroatoms. The second-order valence-electron chi connectivity index (χ2n) is 4.21. The van der Waals surface area contributed by atoms with Crippen LogP contribution < -0.4 is 0 Å². The van der Waals surface area contributed by atoms with Crippen molar-refractivity contribution < 1.29 is 9.84 Å². The topological polar surface area (TPSA) is 29.5 Å². The van der Waals surface area contributed by atoms with Crippen LogP contribution in [0.25, 0.3) is 0 Å². The molecular weight excluding hydrogens is 232 g/mol. The molecule has 0 bridgehead atoms. The summed E-state index contributed by atoms with van der Waals surface area (Å²) in [4.78, 5) is 1.20. The van der Waals surface area contributed by atoms with Crippen LogP contribution in [-0.2, 0) is 4.74 Å². The van der Waals surface area contributed by atoms with E-state index >= 15 is 0 Å². The molecule has 0 aromatic heterocycles. The standard InChI is InChI=1S/C14H22O2S/c1-3-4-9-16-10-13(15)11-17-14-7-5-12(2)6-8-14/h5-8,13,15H,3-4,9-11H2,1-2H3. The fraction of sp³-hybridized carbons (Fsp3) is 0.571. The average Bonchev–Trinajstić information content (AvgIpc) is 2.34. The van der Waals surface area contributed by atoms with Gasteiger partial charge in [0.15, 0.2) is 0 Å². The van der Waals surface area contributed by atoms with Crippen molar-refractivity contribution in [1.29, 1.82) is 0 Å². The van der Waals surface area contributed by atoms with Crippen LogP contribution in [0.15, 0.2) is 29.2 Å². The van der Waals surface area contributed by atoms with Gasteiger partial charge in [0.05, 0.1) is 12.7 Å². The third-order valence-electron chi connectivity index (χ3n) is 2.42. The number of aryl methyl sites for hydroxylation is 1. The highest BCUT2D eigenvalue weighted by atomic mass is 32.2. The molecule has 1 rings (SSSR count). The predicted molar refractivity (Wildman–Crippen MR) is 73.6 cm³/mol. The maximum atomic E-state index is 9.72. The molecule has 0 heterocycles. The van der Waals surface area contributed by atoms with Crippen molar-refractivity contribution >= 4 is 11.8 Å². The van der Waals surface area contributed by atoms with Crippen LogP contribution >= 0.6 is 11.8 Å². The van der Waals surface area contributed by atoms with Crippen LogP contribution in [-0.4, -0.2) is 30.2 Å².